The van der Waals surface area contributed by atoms with Crippen molar-refractivity contribution in [3.8, 4) is 11.5 Å². The minimum atomic E-state index is -0.320. The average molecular weight is 470 g/mol. The van der Waals surface area contributed by atoms with Gasteiger partial charge in [-0.3, -0.25) is 0 Å². The van der Waals surface area contributed by atoms with Gasteiger partial charge in [0.15, 0.2) is 0 Å². The highest BCUT2D eigenvalue weighted by Crippen LogP contribution is 2.45. The number of benzene rings is 2. The first kappa shape index (κ1) is 23.3. The Kier molecular flexibility index (Phi) is 5.78. The summed E-state index contributed by atoms with van der Waals surface area (Å²) in [5.41, 5.74) is 5.01. The molecule has 0 fully saturated rings. The molecule has 182 valence electrons. The third-order valence-electron chi connectivity index (χ3n) is 7.71. The van der Waals surface area contributed by atoms with Crippen LogP contribution < -0.4 is 5.32 Å². The Hall–Kier alpha value is -3.41. The maximum absolute atomic E-state index is 6.50. The first-order chi connectivity index (χ1) is 16.8. The molecular weight excluding hydrogens is 434 g/mol. The van der Waals surface area contributed by atoms with Crippen molar-refractivity contribution in [2.45, 2.75) is 77.8 Å². The normalized spacial score (nSPS) is 17.1. The quantitative estimate of drug-likeness (QED) is 0.331. The molecule has 2 aromatic carbocycles. The smallest absolute Gasteiger partial charge is 0.253 e. The molecule has 3 heterocycles. The molecule has 1 atom stereocenters. The summed E-state index contributed by atoms with van der Waals surface area (Å²) in [4.78, 5) is 0. The zero-order valence-corrected chi connectivity index (χ0v) is 21.6. The van der Waals surface area contributed by atoms with E-state index < -0.39 is 0 Å². The molecule has 0 spiro atoms. The monoisotopic (exact) mass is 469 g/mol. The molecule has 0 radical (unpaired) electrons. The van der Waals surface area contributed by atoms with Gasteiger partial charge in [-0.05, 0) is 58.1 Å². The predicted octanol–water partition coefficient (Wildman–Crippen LogP) is 6.95. The third-order valence-corrected chi connectivity index (χ3v) is 7.71. The van der Waals surface area contributed by atoms with Gasteiger partial charge in [0, 0.05) is 0 Å². The first-order valence-corrected chi connectivity index (χ1v) is 12.6. The second kappa shape index (κ2) is 8.67. The molecule has 2 aromatic heterocycles. The molecular formula is C29H35N5O. The molecule has 1 aliphatic rings. The van der Waals surface area contributed by atoms with E-state index in [0.29, 0.717) is 11.8 Å². The largest absolute Gasteiger partial charge is 0.420 e. The predicted molar refractivity (Wildman–Crippen MR) is 140 cm³/mol. The number of nitrogens with one attached hydrogen (secondary N) is 1. The van der Waals surface area contributed by atoms with E-state index in [0.717, 1.165) is 36.3 Å². The zero-order chi connectivity index (χ0) is 24.8. The Bertz CT molecular complexity index is 1310. The van der Waals surface area contributed by atoms with Gasteiger partial charge in [0.25, 0.3) is 5.89 Å². The maximum atomic E-state index is 6.50. The minimum absolute atomic E-state index is 0.161. The van der Waals surface area contributed by atoms with Crippen molar-refractivity contribution in [3.63, 3.8) is 0 Å². The molecule has 6 heteroatoms. The molecule has 0 amide bonds. The third kappa shape index (κ3) is 3.85. The molecule has 4 aromatic rings. The van der Waals surface area contributed by atoms with Gasteiger partial charge < -0.3 is 9.73 Å². The summed E-state index contributed by atoms with van der Waals surface area (Å²) in [7, 11) is 0. The van der Waals surface area contributed by atoms with Crippen LogP contribution >= 0.6 is 0 Å². The molecule has 1 aliphatic heterocycles. The van der Waals surface area contributed by atoms with Gasteiger partial charge in [-0.2, -0.15) is 5.10 Å². The molecule has 1 N–H and O–H groups in total. The van der Waals surface area contributed by atoms with Gasteiger partial charge >= 0.3 is 0 Å². The Morgan fingerprint density at radius 3 is 2.34 bits per heavy atom. The number of fused-ring (bicyclic) bond motifs is 1. The van der Waals surface area contributed by atoms with Crippen molar-refractivity contribution < 1.29 is 4.42 Å². The van der Waals surface area contributed by atoms with Gasteiger partial charge in [-0.25, -0.2) is 4.68 Å². The van der Waals surface area contributed by atoms with Gasteiger partial charge in [-0.1, -0.05) is 74.0 Å². The number of aromatic nitrogens is 4. The summed E-state index contributed by atoms with van der Waals surface area (Å²) in [5, 5.41) is 17.8. The van der Waals surface area contributed by atoms with E-state index in [1.54, 1.807) is 0 Å². The summed E-state index contributed by atoms with van der Waals surface area (Å²) in [6.45, 7) is 13.0. The van der Waals surface area contributed by atoms with E-state index in [1.807, 2.05) is 6.92 Å². The molecule has 0 saturated carbocycles. The summed E-state index contributed by atoms with van der Waals surface area (Å²) < 4.78 is 8.59. The number of hydrogen-bond donors (Lipinski definition) is 1. The molecule has 0 saturated heterocycles. The summed E-state index contributed by atoms with van der Waals surface area (Å²) in [6, 6.07) is 19.4. The van der Waals surface area contributed by atoms with Crippen molar-refractivity contribution in [3.05, 3.63) is 82.9 Å². The van der Waals surface area contributed by atoms with Crippen LogP contribution in [-0.4, -0.2) is 20.0 Å². The lowest BCUT2D eigenvalue weighted by Crippen LogP contribution is -2.37. The molecule has 35 heavy (non-hydrogen) atoms. The van der Waals surface area contributed by atoms with E-state index >= 15 is 0 Å². The number of hydrogen-bond acceptors (Lipinski definition) is 5. The standard InChI is InChI=1S/C29H35N5O/c1-7-29(8-2,22-16-14-19(3)15-17-22)27-32-31-26(35-27)24-20(4)33-34-25(24)30-23(18-28(34,5)6)21-12-10-9-11-13-21/h9-17,23,30H,7-8,18H2,1-6H3/t23-/m1/s1. The lowest BCUT2D eigenvalue weighted by molar-refractivity contribution is 0.263. The first-order valence-electron chi connectivity index (χ1n) is 12.6. The van der Waals surface area contributed by atoms with Crippen LogP contribution in [0.2, 0.25) is 0 Å². The molecule has 5 rings (SSSR count). The summed E-state index contributed by atoms with van der Waals surface area (Å²) in [6.07, 6.45) is 2.68. The van der Waals surface area contributed by atoms with Crippen molar-refractivity contribution in [2.75, 3.05) is 5.32 Å². The molecule has 6 nitrogen and oxygen atoms in total. The Morgan fingerprint density at radius 2 is 1.69 bits per heavy atom. The van der Waals surface area contributed by atoms with E-state index in [-0.39, 0.29) is 17.0 Å². The maximum Gasteiger partial charge on any atom is 0.253 e. The fourth-order valence-corrected chi connectivity index (χ4v) is 5.52. The number of rotatable bonds is 6. The molecule has 0 aliphatic carbocycles. The van der Waals surface area contributed by atoms with Gasteiger partial charge in [0.1, 0.15) is 11.4 Å². The highest BCUT2D eigenvalue weighted by molar-refractivity contribution is 5.73. The van der Waals surface area contributed by atoms with Gasteiger partial charge in [0.2, 0.25) is 5.89 Å². The SMILES string of the molecule is CCC(CC)(c1ccc(C)cc1)c1nnc(-c2c(C)nn3c2N[C@@H](c2ccccc2)CC3(C)C)o1. The van der Waals surface area contributed by atoms with E-state index in [9.17, 15) is 0 Å². The Morgan fingerprint density at radius 1 is 1.00 bits per heavy atom. The number of aryl methyl sites for hydroxylation is 2. The second-order valence-electron chi connectivity index (χ2n) is 10.4. The van der Waals surface area contributed by atoms with Crippen LogP contribution in [0.25, 0.3) is 11.5 Å². The fraction of sp³-hybridized carbons (Fsp3) is 0.414. The van der Waals surface area contributed by atoms with E-state index in [4.69, 9.17) is 9.52 Å². The molecule has 0 unspecified atom stereocenters. The van der Waals surface area contributed by atoms with Crippen LogP contribution in [-0.2, 0) is 11.0 Å². The van der Waals surface area contributed by atoms with Crippen molar-refractivity contribution in [1.82, 2.24) is 20.0 Å². The van der Waals surface area contributed by atoms with Crippen LogP contribution in [0.3, 0.4) is 0 Å². The second-order valence-corrected chi connectivity index (χ2v) is 10.4. The van der Waals surface area contributed by atoms with Crippen molar-refractivity contribution in [1.29, 1.82) is 0 Å². The summed E-state index contributed by atoms with van der Waals surface area (Å²) in [5.74, 6) is 2.13. The van der Waals surface area contributed by atoms with Crippen LogP contribution in [0.4, 0.5) is 5.82 Å². The van der Waals surface area contributed by atoms with Crippen LogP contribution in [0.15, 0.2) is 59.0 Å². The Labute approximate surface area is 207 Å². The van der Waals surface area contributed by atoms with Crippen LogP contribution in [0.5, 0.6) is 0 Å². The average Bonchev–Trinajstić information content (AvgIpc) is 3.46. The number of anilines is 1. The van der Waals surface area contributed by atoms with Crippen LogP contribution in [0, 0.1) is 13.8 Å². The highest BCUT2D eigenvalue weighted by atomic mass is 16.4. The van der Waals surface area contributed by atoms with Crippen LogP contribution in [0.1, 0.15) is 81.3 Å². The topological polar surface area (TPSA) is 68.8 Å². The summed E-state index contributed by atoms with van der Waals surface area (Å²) >= 11 is 0. The van der Waals surface area contributed by atoms with Gasteiger partial charge in [0.05, 0.1) is 22.7 Å². The fourth-order valence-electron chi connectivity index (χ4n) is 5.52. The Balaban J connectivity index is 1.59. The zero-order valence-electron chi connectivity index (χ0n) is 21.6. The van der Waals surface area contributed by atoms with E-state index in [1.165, 1.54) is 16.7 Å². The highest BCUT2D eigenvalue weighted by Gasteiger charge is 2.40. The molecule has 0 bridgehead atoms. The van der Waals surface area contributed by atoms with Gasteiger partial charge in [-0.15, -0.1) is 10.2 Å². The minimum Gasteiger partial charge on any atom is -0.420 e. The van der Waals surface area contributed by atoms with Crippen molar-refractivity contribution >= 4 is 5.82 Å². The van der Waals surface area contributed by atoms with Crippen molar-refractivity contribution in [2.24, 2.45) is 0 Å². The van der Waals surface area contributed by atoms with E-state index in [2.05, 4.69) is 109 Å². The lowest BCUT2D eigenvalue weighted by Gasteiger charge is -2.38. The number of nitrogens with zero attached hydrogens (tertiary/aromatic N) is 4. The lowest BCUT2D eigenvalue weighted by atomic mass is 9.75.